The normalized spacial score (nSPS) is 10.9. The van der Waals surface area contributed by atoms with Crippen LogP contribution in [0.25, 0.3) is 0 Å². The number of rotatable bonds is 6. The highest BCUT2D eigenvalue weighted by atomic mass is 35.5. The van der Waals surface area contributed by atoms with Crippen molar-refractivity contribution in [1.29, 1.82) is 0 Å². The number of carbonyl (C=O) groups is 1. The lowest BCUT2D eigenvalue weighted by Gasteiger charge is -2.06. The Morgan fingerprint density at radius 2 is 2.08 bits per heavy atom. The summed E-state index contributed by atoms with van der Waals surface area (Å²) in [5, 5.41) is 11.9. The fourth-order valence-corrected chi connectivity index (χ4v) is 2.79. The molecule has 0 unspecified atom stereocenters. The van der Waals surface area contributed by atoms with E-state index in [2.05, 4.69) is 15.5 Å². The number of halogens is 3. The highest BCUT2D eigenvalue weighted by Gasteiger charge is 2.11. The fourth-order valence-electron chi connectivity index (χ4n) is 2.42. The van der Waals surface area contributed by atoms with Gasteiger partial charge in [-0.2, -0.15) is 10.2 Å². The Morgan fingerprint density at radius 1 is 1.27 bits per heavy atom. The van der Waals surface area contributed by atoms with E-state index in [1.165, 1.54) is 10.7 Å². The van der Waals surface area contributed by atoms with Crippen molar-refractivity contribution in [3.63, 3.8) is 0 Å². The molecule has 1 amide bonds. The van der Waals surface area contributed by atoms with Crippen molar-refractivity contribution in [3.05, 3.63) is 63.8 Å². The Morgan fingerprint density at radius 3 is 2.77 bits per heavy atom. The van der Waals surface area contributed by atoms with Crippen LogP contribution in [-0.2, 0) is 17.9 Å². The molecule has 2 aromatic heterocycles. The van der Waals surface area contributed by atoms with Crippen LogP contribution in [0, 0.1) is 12.7 Å². The summed E-state index contributed by atoms with van der Waals surface area (Å²) in [5.74, 6) is -0.213. The predicted molar refractivity (Wildman–Crippen MR) is 98.0 cm³/mol. The van der Waals surface area contributed by atoms with Crippen molar-refractivity contribution in [2.45, 2.75) is 26.4 Å². The molecule has 136 valence electrons. The van der Waals surface area contributed by atoms with Crippen molar-refractivity contribution in [2.24, 2.45) is 0 Å². The van der Waals surface area contributed by atoms with Crippen molar-refractivity contribution in [1.82, 2.24) is 19.6 Å². The molecule has 9 heteroatoms. The second-order valence-corrected chi connectivity index (χ2v) is 6.51. The molecule has 0 aliphatic carbocycles. The number of benzene rings is 1. The summed E-state index contributed by atoms with van der Waals surface area (Å²) in [6, 6.07) is 6.15. The molecule has 6 nitrogen and oxygen atoms in total. The highest BCUT2D eigenvalue weighted by Crippen LogP contribution is 2.20. The Bertz CT molecular complexity index is 917. The van der Waals surface area contributed by atoms with Gasteiger partial charge in [0.25, 0.3) is 0 Å². The smallest absolute Gasteiger partial charge is 0.227 e. The molecular formula is C17H16Cl2FN5O. The first-order valence-corrected chi connectivity index (χ1v) is 8.63. The molecule has 2 heterocycles. The topological polar surface area (TPSA) is 64.7 Å². The molecule has 0 atom stereocenters. The maximum atomic E-state index is 13.8. The first kappa shape index (κ1) is 18.4. The monoisotopic (exact) mass is 395 g/mol. The van der Waals surface area contributed by atoms with Gasteiger partial charge in [-0.1, -0.05) is 29.3 Å². The van der Waals surface area contributed by atoms with Gasteiger partial charge in [0.05, 0.1) is 30.0 Å². The average molecular weight is 396 g/mol. The second-order valence-electron chi connectivity index (χ2n) is 5.70. The lowest BCUT2D eigenvalue weighted by atomic mass is 10.2. The molecule has 0 aliphatic heterocycles. The van der Waals surface area contributed by atoms with E-state index in [4.69, 9.17) is 23.2 Å². The van der Waals surface area contributed by atoms with E-state index in [1.54, 1.807) is 35.3 Å². The minimum Gasteiger partial charge on any atom is -0.309 e. The maximum Gasteiger partial charge on any atom is 0.227 e. The molecule has 0 saturated carbocycles. The largest absolute Gasteiger partial charge is 0.309 e. The lowest BCUT2D eigenvalue weighted by Crippen LogP contribution is -2.16. The number of aromatic nitrogens is 4. The van der Waals surface area contributed by atoms with E-state index < -0.39 is 5.82 Å². The number of anilines is 1. The molecule has 0 bridgehead atoms. The lowest BCUT2D eigenvalue weighted by molar-refractivity contribution is -0.116. The molecule has 1 N–H and O–H groups in total. The van der Waals surface area contributed by atoms with Gasteiger partial charge in [0.1, 0.15) is 5.82 Å². The summed E-state index contributed by atoms with van der Waals surface area (Å²) in [4.78, 5) is 12.1. The zero-order valence-electron chi connectivity index (χ0n) is 13.9. The zero-order chi connectivity index (χ0) is 18.7. The summed E-state index contributed by atoms with van der Waals surface area (Å²) in [7, 11) is 0. The Balaban J connectivity index is 1.58. The number of nitrogens with zero attached hydrogens (tertiary/aromatic N) is 4. The minimum atomic E-state index is -0.396. The third-order valence-electron chi connectivity index (χ3n) is 3.88. The van der Waals surface area contributed by atoms with Gasteiger partial charge in [0.2, 0.25) is 5.91 Å². The van der Waals surface area contributed by atoms with Gasteiger partial charge in [-0.3, -0.25) is 14.2 Å². The number of hydrogen-bond acceptors (Lipinski definition) is 3. The number of aryl methyl sites for hydroxylation is 1. The van der Waals surface area contributed by atoms with Crippen LogP contribution in [-0.4, -0.2) is 25.5 Å². The van der Waals surface area contributed by atoms with Crippen LogP contribution in [0.5, 0.6) is 0 Å². The van der Waals surface area contributed by atoms with Gasteiger partial charge in [0.15, 0.2) is 5.82 Å². The Labute approximate surface area is 159 Å². The minimum absolute atomic E-state index is 0.173. The highest BCUT2D eigenvalue weighted by molar-refractivity contribution is 6.31. The van der Waals surface area contributed by atoms with Crippen molar-refractivity contribution >= 4 is 34.9 Å². The summed E-state index contributed by atoms with van der Waals surface area (Å²) in [5.41, 5.74) is 1.16. The Kier molecular flexibility index (Phi) is 5.58. The van der Waals surface area contributed by atoms with E-state index in [1.807, 2.05) is 6.92 Å². The van der Waals surface area contributed by atoms with Gasteiger partial charge < -0.3 is 5.32 Å². The second kappa shape index (κ2) is 7.88. The van der Waals surface area contributed by atoms with E-state index in [9.17, 15) is 9.18 Å². The number of carbonyl (C=O) groups excluding carboxylic acids is 1. The van der Waals surface area contributed by atoms with Crippen LogP contribution < -0.4 is 5.32 Å². The average Bonchev–Trinajstić information content (AvgIpc) is 3.17. The van der Waals surface area contributed by atoms with E-state index in [0.717, 1.165) is 5.69 Å². The summed E-state index contributed by atoms with van der Waals surface area (Å²) in [6.45, 7) is 2.42. The van der Waals surface area contributed by atoms with Crippen LogP contribution in [0.4, 0.5) is 10.2 Å². The Hall–Kier alpha value is -2.38. The molecule has 26 heavy (non-hydrogen) atoms. The first-order valence-electron chi connectivity index (χ1n) is 7.88. The van der Waals surface area contributed by atoms with Crippen LogP contribution in [0.1, 0.15) is 17.7 Å². The van der Waals surface area contributed by atoms with Crippen LogP contribution in [0.3, 0.4) is 0 Å². The van der Waals surface area contributed by atoms with Gasteiger partial charge in [-0.15, -0.1) is 0 Å². The van der Waals surface area contributed by atoms with E-state index in [0.29, 0.717) is 28.0 Å². The fraction of sp³-hybridized carbons (Fsp3) is 0.235. The zero-order valence-corrected chi connectivity index (χ0v) is 15.4. The summed E-state index contributed by atoms with van der Waals surface area (Å²) >= 11 is 11.9. The molecule has 0 saturated heterocycles. The number of amides is 1. The van der Waals surface area contributed by atoms with E-state index >= 15 is 0 Å². The molecule has 0 aliphatic rings. The third-order valence-corrected chi connectivity index (χ3v) is 4.61. The standard InChI is InChI=1S/C17H16Cl2FN5O/c1-11-14(19)9-21-25(11)8-6-17(26)22-16-5-7-24(23-16)10-12-13(18)3-2-4-15(12)20/h2-5,7,9H,6,8,10H2,1H3,(H,22,23,26). The van der Waals surface area contributed by atoms with Crippen LogP contribution in [0.15, 0.2) is 36.7 Å². The molecule has 1 aromatic carbocycles. The maximum absolute atomic E-state index is 13.8. The summed E-state index contributed by atoms with van der Waals surface area (Å²) < 4.78 is 17.0. The first-order chi connectivity index (χ1) is 12.4. The van der Waals surface area contributed by atoms with Gasteiger partial charge >= 0.3 is 0 Å². The van der Waals surface area contributed by atoms with Gasteiger partial charge in [0, 0.05) is 29.3 Å². The molecule has 0 radical (unpaired) electrons. The van der Waals surface area contributed by atoms with Crippen molar-refractivity contribution in [3.8, 4) is 0 Å². The van der Waals surface area contributed by atoms with Crippen LogP contribution in [0.2, 0.25) is 10.0 Å². The molecule has 0 spiro atoms. The SMILES string of the molecule is Cc1c(Cl)cnn1CCC(=O)Nc1ccn(Cc2c(F)cccc2Cl)n1. The number of hydrogen-bond donors (Lipinski definition) is 1. The van der Waals surface area contributed by atoms with Gasteiger partial charge in [-0.25, -0.2) is 4.39 Å². The molecule has 3 rings (SSSR count). The predicted octanol–water partition coefficient (Wildman–Crippen LogP) is 3.91. The van der Waals surface area contributed by atoms with E-state index in [-0.39, 0.29) is 18.9 Å². The molecule has 0 fully saturated rings. The molecule has 3 aromatic rings. The van der Waals surface area contributed by atoms with Crippen molar-refractivity contribution in [2.75, 3.05) is 5.32 Å². The summed E-state index contributed by atoms with van der Waals surface area (Å²) in [6.07, 6.45) is 3.42. The van der Waals surface area contributed by atoms with Crippen molar-refractivity contribution < 1.29 is 9.18 Å². The molecular weight excluding hydrogens is 380 g/mol. The van der Waals surface area contributed by atoms with Gasteiger partial charge in [-0.05, 0) is 19.1 Å². The quantitative estimate of drug-likeness (QED) is 0.687. The third kappa shape index (κ3) is 4.23. The van der Waals surface area contributed by atoms with Crippen LogP contribution >= 0.6 is 23.2 Å². The number of nitrogens with one attached hydrogen (secondary N) is 1.